The van der Waals surface area contributed by atoms with Crippen molar-refractivity contribution in [3.63, 3.8) is 0 Å². The fraction of sp³-hybridized carbons (Fsp3) is 1.00. The van der Waals surface area contributed by atoms with Crippen molar-refractivity contribution in [2.75, 3.05) is 6.61 Å². The van der Waals surface area contributed by atoms with E-state index in [0.29, 0.717) is 6.61 Å². The molecule has 0 fully saturated rings. The smallest absolute Gasteiger partial charge is 1.00 e. The predicted octanol–water partition coefficient (Wildman–Crippen LogP) is -1.96. The van der Waals surface area contributed by atoms with Crippen LogP contribution in [0.3, 0.4) is 0 Å². The Bertz CT molecular complexity index is 105. The molecule has 0 aromatic carbocycles. The second kappa shape index (κ2) is 11.0. The molecule has 1 atom stereocenters. The van der Waals surface area contributed by atoms with Crippen molar-refractivity contribution in [1.82, 2.24) is 0 Å². The zero-order valence-corrected chi connectivity index (χ0v) is 9.69. The van der Waals surface area contributed by atoms with Gasteiger partial charge in [-0.3, -0.25) is 0 Å². The van der Waals surface area contributed by atoms with Crippen molar-refractivity contribution in [2.24, 2.45) is 0 Å². The fourth-order valence-electron chi connectivity index (χ4n) is 0.484. The van der Waals surface area contributed by atoms with Gasteiger partial charge >= 0.3 is 29.6 Å². The van der Waals surface area contributed by atoms with E-state index in [0.717, 1.165) is 19.3 Å². The molecule has 0 aromatic heterocycles. The summed E-state index contributed by atoms with van der Waals surface area (Å²) in [6, 6.07) is 0. The first kappa shape index (κ1) is 14.5. The fourth-order valence-corrected chi connectivity index (χ4v) is 0.631. The molecule has 1 unspecified atom stereocenters. The van der Waals surface area contributed by atoms with Crippen LogP contribution in [0.25, 0.3) is 0 Å². The molecule has 0 amide bonds. The van der Waals surface area contributed by atoms with Crippen LogP contribution >= 0.6 is 0 Å². The van der Waals surface area contributed by atoms with Crippen LogP contribution in [-0.4, -0.2) is 15.4 Å². The molecule has 0 bridgehead atoms. The molecule has 0 heterocycles. The van der Waals surface area contributed by atoms with Gasteiger partial charge in [-0.25, -0.2) is 9.10 Å². The summed E-state index contributed by atoms with van der Waals surface area (Å²) >= 11 is -2.54. The first-order valence-corrected chi connectivity index (χ1v) is 4.16. The van der Waals surface area contributed by atoms with Crippen molar-refractivity contribution < 1.29 is 49.0 Å². The quantitative estimate of drug-likeness (QED) is 0.161. The van der Waals surface area contributed by atoms with Crippen LogP contribution in [0, 0.1) is 0 Å². The average Bonchev–Trinajstić information content (AvgIpc) is 1.87. The van der Waals surface area contributed by atoms with Crippen molar-refractivity contribution in [3.05, 3.63) is 0 Å². The van der Waals surface area contributed by atoms with Crippen LogP contribution in [-0.2, 0) is 20.6 Å². The topological polar surface area (TPSA) is 58.6 Å². The normalized spacial score (nSPS) is 12.2. The minimum absolute atomic E-state index is 0. The molecule has 0 aliphatic carbocycles. The molecule has 0 aliphatic rings. The third-order valence-corrected chi connectivity index (χ3v) is 1.14. The summed E-state index contributed by atoms with van der Waals surface area (Å²) in [5.41, 5.74) is 0. The Morgan fingerprint density at radius 2 is 2.18 bits per heavy atom. The molecular weight excluding hydrogens is 179 g/mol. The summed E-state index contributed by atoms with van der Waals surface area (Å²) in [7, 11) is 0. The molecule has 64 valence electrons. The first-order valence-electron chi connectivity index (χ1n) is 3.16. The van der Waals surface area contributed by atoms with Crippen LogP contribution < -0.4 is 29.6 Å². The summed E-state index contributed by atoms with van der Waals surface area (Å²) in [6.07, 6.45) is 2.92. The molecule has 0 radical (unpaired) electrons. The summed E-state index contributed by atoms with van der Waals surface area (Å²) in [5.74, 6) is 0. The maximum Gasteiger partial charge on any atom is 1.00 e. The monoisotopic (exact) mass is 191 g/mol. The van der Waals surface area contributed by atoms with E-state index in [9.17, 15) is 8.76 Å². The summed E-state index contributed by atoms with van der Waals surface area (Å²) < 4.78 is 23.2. The number of hydrogen-bond donors (Lipinski definition) is 0. The van der Waals surface area contributed by atoms with Crippen LogP contribution in [0.15, 0.2) is 0 Å². The molecule has 0 saturated heterocycles. The second-order valence-corrected chi connectivity index (χ2v) is 2.35. The predicted molar refractivity (Wildman–Crippen MR) is 36.6 cm³/mol. The number of rotatable bonds is 6. The van der Waals surface area contributed by atoms with Crippen molar-refractivity contribution >= 4 is 11.4 Å². The third kappa shape index (κ3) is 13.9. The van der Waals surface area contributed by atoms with Gasteiger partial charge in [-0.2, -0.15) is 0 Å². The molecule has 0 aromatic rings. The Hall–Kier alpha value is 1.03. The van der Waals surface area contributed by atoms with E-state index in [1.165, 1.54) is 0 Å². The van der Waals surface area contributed by atoms with E-state index in [2.05, 4.69) is 9.22 Å². The third-order valence-electron chi connectivity index (χ3n) is 0.935. The van der Waals surface area contributed by atoms with Gasteiger partial charge in [0.25, 0.3) is 0 Å². The van der Waals surface area contributed by atoms with Crippen LogP contribution in [0.4, 0.5) is 0 Å². The van der Waals surface area contributed by atoms with E-state index in [-0.39, 0.29) is 31.0 Å². The zero-order chi connectivity index (χ0) is 7.82. The molecule has 6 heteroatoms. The van der Waals surface area contributed by atoms with Gasteiger partial charge < -0.3 is 5.98 Å². The molecule has 4 nitrogen and oxygen atoms in total. The van der Waals surface area contributed by atoms with Gasteiger partial charge in [-0.15, -0.1) is 4.33 Å². The Morgan fingerprint density at radius 1 is 1.55 bits per heavy atom. The average molecular weight is 191 g/mol. The van der Waals surface area contributed by atoms with E-state index < -0.39 is 11.4 Å². The van der Waals surface area contributed by atoms with Crippen LogP contribution in [0.5, 0.6) is 0 Å². The van der Waals surface area contributed by atoms with Gasteiger partial charge in [-0.1, -0.05) is 19.8 Å². The molecule has 0 spiro atoms. The molecule has 0 saturated carbocycles. The maximum atomic E-state index is 9.68. The van der Waals surface area contributed by atoms with Gasteiger partial charge in [0.15, 0.2) is 0 Å². The minimum atomic E-state index is -2.54. The molecule has 11 heavy (non-hydrogen) atoms. The Labute approximate surface area is 92.8 Å². The van der Waals surface area contributed by atoms with Crippen molar-refractivity contribution in [1.29, 1.82) is 0 Å². The van der Waals surface area contributed by atoms with Crippen molar-refractivity contribution in [3.8, 4) is 0 Å². The SMILES string of the molecule is CCCCCOOS(=O)[O-].[H-].[Na+]. The van der Waals surface area contributed by atoms with E-state index in [1.807, 2.05) is 6.92 Å². The van der Waals surface area contributed by atoms with Crippen molar-refractivity contribution in [2.45, 2.75) is 26.2 Å². The van der Waals surface area contributed by atoms with Crippen LogP contribution in [0.2, 0.25) is 0 Å². The first-order chi connectivity index (χ1) is 4.77. The van der Waals surface area contributed by atoms with Gasteiger partial charge in [0.1, 0.15) is 11.4 Å². The Balaban J connectivity index is -0.000000405. The molecule has 0 aliphatic heterocycles. The van der Waals surface area contributed by atoms with E-state index >= 15 is 0 Å². The molecular formula is C5H12NaO4S-. The van der Waals surface area contributed by atoms with E-state index in [1.54, 1.807) is 0 Å². The Kier molecular flexibility index (Phi) is 14.6. The minimum Gasteiger partial charge on any atom is -1.00 e. The number of unbranched alkanes of at least 4 members (excludes halogenated alkanes) is 2. The maximum absolute atomic E-state index is 9.68. The second-order valence-electron chi connectivity index (χ2n) is 1.80. The molecule has 0 N–H and O–H groups in total. The number of hydrogen-bond acceptors (Lipinski definition) is 4. The summed E-state index contributed by atoms with van der Waals surface area (Å²) in [6.45, 7) is 2.38. The van der Waals surface area contributed by atoms with Crippen LogP contribution in [0.1, 0.15) is 27.6 Å². The van der Waals surface area contributed by atoms with Gasteiger partial charge in [0.05, 0.1) is 6.61 Å². The summed E-state index contributed by atoms with van der Waals surface area (Å²) in [5, 5.41) is 0. The largest absolute Gasteiger partial charge is 1.00 e. The van der Waals surface area contributed by atoms with Gasteiger partial charge in [-0.05, 0) is 6.42 Å². The van der Waals surface area contributed by atoms with E-state index in [4.69, 9.17) is 0 Å². The zero-order valence-electron chi connectivity index (χ0n) is 7.87. The van der Waals surface area contributed by atoms with Gasteiger partial charge in [0, 0.05) is 0 Å². The summed E-state index contributed by atoms with van der Waals surface area (Å²) in [4.78, 5) is 4.28. The van der Waals surface area contributed by atoms with Gasteiger partial charge in [0.2, 0.25) is 0 Å². The molecule has 0 rings (SSSR count). The Morgan fingerprint density at radius 3 is 2.64 bits per heavy atom. The standard InChI is InChI=1S/C5H12O4S.Na.H/c1-2-3-4-5-8-9-10(6)7;;/h2-5H2,1H3,(H,6,7);;/q;+1;-1/p-1.